The van der Waals surface area contributed by atoms with Crippen LogP contribution in [0.1, 0.15) is 60.6 Å². The molecule has 2 atom stereocenters. The average molecular weight is 407 g/mol. The molecular weight excluding hydrogens is 387 g/mol. The summed E-state index contributed by atoms with van der Waals surface area (Å²) >= 11 is 12.8. The number of nitrogens with zero attached hydrogens (tertiary/aromatic N) is 2. The van der Waals surface area contributed by atoms with Crippen molar-refractivity contribution < 1.29 is 14.4 Å². The average Bonchev–Trinajstić information content (AvgIpc) is 3.32. The molecule has 3 aliphatic rings. The van der Waals surface area contributed by atoms with Crippen LogP contribution in [-0.4, -0.2) is 39.3 Å². The fourth-order valence-corrected chi connectivity index (χ4v) is 5.21. The first-order valence-corrected chi connectivity index (χ1v) is 10.2. The van der Waals surface area contributed by atoms with Gasteiger partial charge < -0.3 is 14.5 Å². The number of amides is 1. The normalized spacial score (nSPS) is 27.2. The minimum atomic E-state index is -0.325. The Morgan fingerprint density at radius 1 is 1.11 bits per heavy atom. The number of benzene rings is 1. The molecule has 7 heteroatoms. The van der Waals surface area contributed by atoms with Gasteiger partial charge >= 0.3 is 0 Å². The van der Waals surface area contributed by atoms with Crippen LogP contribution in [0.2, 0.25) is 10.0 Å². The topological polar surface area (TPSA) is 66.6 Å². The summed E-state index contributed by atoms with van der Waals surface area (Å²) in [4.78, 5) is 15.6. The highest BCUT2D eigenvalue weighted by Crippen LogP contribution is 2.47. The summed E-state index contributed by atoms with van der Waals surface area (Å²) < 4.78 is 5.64. The Morgan fingerprint density at radius 3 is 2.33 bits per heavy atom. The number of carbonyl (C=O) groups is 1. The molecule has 2 aliphatic heterocycles. The van der Waals surface area contributed by atoms with E-state index in [0.717, 1.165) is 25.7 Å². The lowest BCUT2D eigenvalue weighted by atomic mass is 9.96. The van der Waals surface area contributed by atoms with E-state index in [4.69, 9.17) is 27.7 Å². The van der Waals surface area contributed by atoms with Crippen molar-refractivity contribution in [2.75, 3.05) is 0 Å². The minimum Gasteiger partial charge on any atom is -0.393 e. The minimum absolute atomic E-state index is 0.0662. The number of halogens is 2. The molecule has 142 valence electrons. The van der Waals surface area contributed by atoms with Gasteiger partial charge in [-0.05, 0) is 50.7 Å². The molecule has 27 heavy (non-hydrogen) atoms. The van der Waals surface area contributed by atoms with Gasteiger partial charge in [0.25, 0.3) is 5.91 Å². The Kier molecular flexibility index (Phi) is 4.22. The van der Waals surface area contributed by atoms with Crippen molar-refractivity contribution in [3.8, 4) is 11.3 Å². The van der Waals surface area contributed by atoms with E-state index in [1.807, 2.05) is 4.90 Å². The third kappa shape index (κ3) is 2.87. The molecule has 2 bridgehead atoms. The van der Waals surface area contributed by atoms with Gasteiger partial charge in [0.05, 0.1) is 16.1 Å². The Balaban J connectivity index is 1.61. The summed E-state index contributed by atoms with van der Waals surface area (Å²) in [6, 6.07) is 5.39. The number of aromatic nitrogens is 1. The largest absolute Gasteiger partial charge is 0.393 e. The van der Waals surface area contributed by atoms with Gasteiger partial charge in [0.15, 0.2) is 5.76 Å². The zero-order valence-corrected chi connectivity index (χ0v) is 16.2. The lowest BCUT2D eigenvalue weighted by Gasteiger charge is -2.37. The summed E-state index contributed by atoms with van der Waals surface area (Å²) in [5, 5.41) is 15.2. The molecule has 0 spiro atoms. The molecular formula is C20H20Cl2N2O3. The molecule has 1 aliphatic carbocycles. The van der Waals surface area contributed by atoms with E-state index in [1.165, 1.54) is 0 Å². The monoisotopic (exact) mass is 406 g/mol. The van der Waals surface area contributed by atoms with Gasteiger partial charge in [0.2, 0.25) is 0 Å². The summed E-state index contributed by atoms with van der Waals surface area (Å²) in [6.07, 6.45) is 4.80. The van der Waals surface area contributed by atoms with E-state index < -0.39 is 0 Å². The maximum Gasteiger partial charge on any atom is 0.260 e. The predicted octanol–water partition coefficient (Wildman–Crippen LogP) is 4.65. The van der Waals surface area contributed by atoms with Crippen molar-refractivity contribution in [1.29, 1.82) is 0 Å². The Labute approximate surface area is 167 Å². The van der Waals surface area contributed by atoms with Crippen LogP contribution in [0.3, 0.4) is 0 Å². The van der Waals surface area contributed by atoms with E-state index >= 15 is 0 Å². The van der Waals surface area contributed by atoms with Crippen LogP contribution >= 0.6 is 23.2 Å². The highest BCUT2D eigenvalue weighted by molar-refractivity contribution is 6.39. The third-order valence-electron chi connectivity index (χ3n) is 6.02. The molecule has 1 aromatic carbocycles. The van der Waals surface area contributed by atoms with Gasteiger partial charge in [0.1, 0.15) is 11.3 Å². The molecule has 1 N–H and O–H groups in total. The van der Waals surface area contributed by atoms with Crippen LogP contribution in [0.25, 0.3) is 11.3 Å². The lowest BCUT2D eigenvalue weighted by molar-refractivity contribution is 0.0286. The summed E-state index contributed by atoms with van der Waals surface area (Å²) in [5.74, 6) is 0.819. The van der Waals surface area contributed by atoms with Crippen molar-refractivity contribution in [2.45, 2.75) is 62.6 Å². The maximum atomic E-state index is 13.7. The lowest BCUT2D eigenvalue weighted by Crippen LogP contribution is -2.48. The fourth-order valence-electron chi connectivity index (χ4n) is 4.64. The van der Waals surface area contributed by atoms with E-state index in [0.29, 0.717) is 45.5 Å². The van der Waals surface area contributed by atoms with Gasteiger partial charge in [-0.1, -0.05) is 34.4 Å². The molecule has 3 fully saturated rings. The summed E-state index contributed by atoms with van der Waals surface area (Å²) in [7, 11) is 0. The first kappa shape index (κ1) is 17.5. The molecule has 1 amide bonds. The van der Waals surface area contributed by atoms with Gasteiger partial charge in [-0.25, -0.2) is 0 Å². The Hall–Kier alpha value is -1.56. The number of carbonyl (C=O) groups excluding carboxylic acids is 1. The molecule has 2 aromatic rings. The Bertz CT molecular complexity index is 874. The molecule has 5 rings (SSSR count). The molecule has 5 nitrogen and oxygen atoms in total. The van der Waals surface area contributed by atoms with Crippen LogP contribution in [0, 0.1) is 0 Å². The number of aliphatic hydroxyl groups is 1. The quantitative estimate of drug-likeness (QED) is 0.804. The van der Waals surface area contributed by atoms with E-state index in [2.05, 4.69) is 5.16 Å². The molecule has 1 aromatic heterocycles. The van der Waals surface area contributed by atoms with Crippen LogP contribution in [0.4, 0.5) is 0 Å². The van der Waals surface area contributed by atoms with Gasteiger partial charge in [0, 0.05) is 23.6 Å². The second-order valence-corrected chi connectivity index (χ2v) is 8.68. The highest BCUT2D eigenvalue weighted by Gasteiger charge is 2.46. The van der Waals surface area contributed by atoms with Crippen LogP contribution in [-0.2, 0) is 0 Å². The van der Waals surface area contributed by atoms with Crippen molar-refractivity contribution in [3.63, 3.8) is 0 Å². The SMILES string of the molecule is O=C(c1c(-c2c(Cl)cccc2Cl)noc1C1CC1)N1C2CCC1CC(O)C2. The van der Waals surface area contributed by atoms with Crippen molar-refractivity contribution in [3.05, 3.63) is 39.6 Å². The maximum absolute atomic E-state index is 13.7. The molecule has 2 saturated heterocycles. The number of hydrogen-bond donors (Lipinski definition) is 1. The number of piperidine rings is 1. The van der Waals surface area contributed by atoms with E-state index in [1.54, 1.807) is 18.2 Å². The predicted molar refractivity (Wildman–Crippen MR) is 102 cm³/mol. The van der Waals surface area contributed by atoms with Crippen LogP contribution in [0.15, 0.2) is 22.7 Å². The number of fused-ring (bicyclic) bond motifs is 2. The molecule has 0 radical (unpaired) electrons. The third-order valence-corrected chi connectivity index (χ3v) is 6.65. The molecule has 3 heterocycles. The number of hydrogen-bond acceptors (Lipinski definition) is 4. The number of rotatable bonds is 3. The van der Waals surface area contributed by atoms with Gasteiger partial charge in [-0.3, -0.25) is 4.79 Å². The zero-order valence-electron chi connectivity index (χ0n) is 14.7. The highest BCUT2D eigenvalue weighted by atomic mass is 35.5. The fraction of sp³-hybridized carbons (Fsp3) is 0.500. The first-order valence-electron chi connectivity index (χ1n) is 9.49. The number of aliphatic hydroxyl groups excluding tert-OH is 1. The van der Waals surface area contributed by atoms with Gasteiger partial charge in [-0.15, -0.1) is 0 Å². The second-order valence-electron chi connectivity index (χ2n) is 7.86. The second kappa shape index (κ2) is 6.50. The summed E-state index contributed by atoms with van der Waals surface area (Å²) in [5.41, 5.74) is 1.48. The van der Waals surface area contributed by atoms with E-state index in [-0.39, 0.29) is 30.0 Å². The smallest absolute Gasteiger partial charge is 0.260 e. The molecule has 2 unspecified atom stereocenters. The van der Waals surface area contributed by atoms with E-state index in [9.17, 15) is 9.90 Å². The first-order chi connectivity index (χ1) is 13.0. The van der Waals surface area contributed by atoms with Crippen molar-refractivity contribution >= 4 is 29.1 Å². The molecule has 1 saturated carbocycles. The summed E-state index contributed by atoms with van der Waals surface area (Å²) in [6.45, 7) is 0. The van der Waals surface area contributed by atoms with Crippen molar-refractivity contribution in [1.82, 2.24) is 10.1 Å². The standard InChI is InChI=1S/C20H20Cl2N2O3/c21-14-2-1-3-15(22)16(14)18-17(19(27-23-18)10-4-5-10)20(26)24-11-6-7-12(24)9-13(25)8-11/h1-3,10-13,25H,4-9H2. The Morgan fingerprint density at radius 2 is 1.74 bits per heavy atom. The van der Waals surface area contributed by atoms with Gasteiger partial charge in [-0.2, -0.15) is 0 Å². The van der Waals surface area contributed by atoms with Crippen LogP contribution < -0.4 is 0 Å². The van der Waals surface area contributed by atoms with Crippen molar-refractivity contribution in [2.24, 2.45) is 0 Å². The zero-order chi connectivity index (χ0) is 18.7. The van der Waals surface area contributed by atoms with Crippen LogP contribution in [0.5, 0.6) is 0 Å².